The summed E-state index contributed by atoms with van der Waals surface area (Å²) in [6, 6.07) is 0.697. The van der Waals surface area contributed by atoms with Crippen molar-refractivity contribution >= 4 is 14.6 Å². The van der Waals surface area contributed by atoms with Crippen molar-refractivity contribution in [2.45, 2.75) is 32.2 Å². The van der Waals surface area contributed by atoms with Crippen molar-refractivity contribution < 1.29 is 18.1 Å². The molecule has 0 N–H and O–H groups in total. The topological polar surface area (TPSA) is 44.8 Å². The smallest absolute Gasteiger partial charge is 0.377 e. The Morgan fingerprint density at radius 2 is 1.64 bits per heavy atom. The summed E-state index contributed by atoms with van der Waals surface area (Å²) in [6.45, 7) is 1.87. The van der Waals surface area contributed by atoms with E-state index in [0.717, 1.165) is 6.42 Å². The second kappa shape index (κ2) is 7.11. The number of hydrogen-bond acceptors (Lipinski definition) is 4. The second-order valence-electron chi connectivity index (χ2n) is 3.04. The largest absolute Gasteiger partial charge is 0.500 e. The fourth-order valence-corrected chi connectivity index (χ4v) is 2.96. The summed E-state index contributed by atoms with van der Waals surface area (Å²) < 4.78 is 15.7. The maximum Gasteiger partial charge on any atom is 0.500 e. The van der Waals surface area contributed by atoms with E-state index in [-0.39, 0.29) is 5.78 Å². The first kappa shape index (κ1) is 13.8. The molecule has 0 spiro atoms. The molecule has 0 rings (SSSR count). The third-order valence-corrected chi connectivity index (χ3v) is 5.10. The maximum absolute atomic E-state index is 11.1. The molecule has 0 aromatic rings. The molecule has 0 heterocycles. The number of carbonyl (C=O) groups is 1. The Morgan fingerprint density at radius 1 is 1.14 bits per heavy atom. The average Bonchev–Trinajstić information content (AvgIpc) is 2.25. The van der Waals surface area contributed by atoms with Gasteiger partial charge < -0.3 is 13.3 Å². The van der Waals surface area contributed by atoms with Crippen molar-refractivity contribution in [3.8, 4) is 0 Å². The molecular weight excluding hydrogens is 200 g/mol. The summed E-state index contributed by atoms with van der Waals surface area (Å²) in [5.41, 5.74) is 0. The van der Waals surface area contributed by atoms with Crippen LogP contribution in [-0.4, -0.2) is 35.9 Å². The van der Waals surface area contributed by atoms with Crippen LogP contribution in [0.15, 0.2) is 0 Å². The van der Waals surface area contributed by atoms with Crippen LogP contribution in [0.3, 0.4) is 0 Å². The number of Topliss-reactive ketones (excluding diaryl/α,β-unsaturated/α-hetero) is 1. The predicted octanol–water partition coefficient (Wildman–Crippen LogP) is 1.62. The van der Waals surface area contributed by atoms with Crippen LogP contribution in [-0.2, 0) is 18.1 Å². The summed E-state index contributed by atoms with van der Waals surface area (Å²) in [5.74, 6) is 0.274. The van der Waals surface area contributed by atoms with Gasteiger partial charge in [0.2, 0.25) is 0 Å². The Hall–Kier alpha value is -0.233. The molecule has 4 nitrogen and oxygen atoms in total. The fourth-order valence-electron chi connectivity index (χ4n) is 1.24. The summed E-state index contributed by atoms with van der Waals surface area (Å²) in [6.07, 6.45) is 1.96. The van der Waals surface area contributed by atoms with Crippen LogP contribution in [0, 0.1) is 0 Å². The van der Waals surface area contributed by atoms with Crippen LogP contribution in [0.5, 0.6) is 0 Å². The lowest BCUT2D eigenvalue weighted by Gasteiger charge is -2.23. The number of ketones is 1. The molecule has 0 saturated heterocycles. The van der Waals surface area contributed by atoms with Crippen molar-refractivity contribution in [2.24, 2.45) is 0 Å². The molecule has 0 aliphatic carbocycles. The highest BCUT2D eigenvalue weighted by atomic mass is 28.4. The van der Waals surface area contributed by atoms with Crippen LogP contribution in [0.1, 0.15) is 26.2 Å². The standard InChI is InChI=1S/C9H20O4Si/c1-5-9(10)7-6-8-14(11-2,12-3)13-4/h5-8H2,1-4H3. The van der Waals surface area contributed by atoms with E-state index in [1.807, 2.05) is 6.92 Å². The van der Waals surface area contributed by atoms with Crippen molar-refractivity contribution in [2.75, 3.05) is 21.3 Å². The van der Waals surface area contributed by atoms with Gasteiger partial charge in [0.25, 0.3) is 0 Å². The number of carbonyl (C=O) groups excluding carboxylic acids is 1. The van der Waals surface area contributed by atoms with E-state index in [4.69, 9.17) is 13.3 Å². The monoisotopic (exact) mass is 220 g/mol. The van der Waals surface area contributed by atoms with Gasteiger partial charge in [-0.15, -0.1) is 0 Å². The minimum Gasteiger partial charge on any atom is -0.377 e. The average molecular weight is 220 g/mol. The Bertz CT molecular complexity index is 160. The molecule has 0 aromatic heterocycles. The van der Waals surface area contributed by atoms with Crippen molar-refractivity contribution in [3.63, 3.8) is 0 Å². The molecule has 0 fully saturated rings. The molecule has 0 atom stereocenters. The summed E-state index contributed by atoms with van der Waals surface area (Å²) in [5, 5.41) is 0. The van der Waals surface area contributed by atoms with Gasteiger partial charge in [-0.1, -0.05) is 6.92 Å². The second-order valence-corrected chi connectivity index (χ2v) is 6.13. The number of hydrogen-bond donors (Lipinski definition) is 0. The van der Waals surface area contributed by atoms with Crippen LogP contribution in [0.4, 0.5) is 0 Å². The molecule has 0 radical (unpaired) electrons. The summed E-state index contributed by atoms with van der Waals surface area (Å²) in [4.78, 5) is 11.1. The van der Waals surface area contributed by atoms with E-state index >= 15 is 0 Å². The molecule has 0 bridgehead atoms. The lowest BCUT2D eigenvalue weighted by molar-refractivity contribution is -0.118. The lowest BCUT2D eigenvalue weighted by Crippen LogP contribution is -2.42. The van der Waals surface area contributed by atoms with Gasteiger partial charge in [0, 0.05) is 40.2 Å². The van der Waals surface area contributed by atoms with Gasteiger partial charge in [-0.25, -0.2) is 0 Å². The van der Waals surface area contributed by atoms with E-state index in [0.29, 0.717) is 18.9 Å². The van der Waals surface area contributed by atoms with Gasteiger partial charge in [0.15, 0.2) is 0 Å². The molecular formula is C9H20O4Si. The SMILES string of the molecule is CCC(=O)CCC[Si](OC)(OC)OC. The number of rotatable bonds is 8. The Morgan fingerprint density at radius 3 is 2.00 bits per heavy atom. The zero-order valence-electron chi connectivity index (χ0n) is 9.46. The lowest BCUT2D eigenvalue weighted by atomic mass is 10.2. The predicted molar refractivity (Wildman–Crippen MR) is 56.1 cm³/mol. The normalized spacial score (nSPS) is 11.7. The quantitative estimate of drug-likeness (QED) is 0.583. The first-order chi connectivity index (χ1) is 6.64. The third kappa shape index (κ3) is 4.32. The maximum atomic E-state index is 11.1. The van der Waals surface area contributed by atoms with E-state index in [9.17, 15) is 4.79 Å². The zero-order chi connectivity index (χ0) is 11.0. The van der Waals surface area contributed by atoms with Gasteiger partial charge in [-0.2, -0.15) is 0 Å². The minimum absolute atomic E-state index is 0.274. The summed E-state index contributed by atoms with van der Waals surface area (Å²) in [7, 11) is 2.30. The molecule has 0 aliphatic heterocycles. The first-order valence-electron chi connectivity index (χ1n) is 4.81. The van der Waals surface area contributed by atoms with E-state index < -0.39 is 8.80 Å². The molecule has 0 amide bonds. The Balaban J connectivity index is 3.88. The molecule has 5 heteroatoms. The minimum atomic E-state index is -2.45. The van der Waals surface area contributed by atoms with Gasteiger partial charge in [-0.3, -0.25) is 4.79 Å². The highest BCUT2D eigenvalue weighted by Gasteiger charge is 2.36. The van der Waals surface area contributed by atoms with Gasteiger partial charge in [-0.05, 0) is 6.42 Å². The first-order valence-corrected chi connectivity index (χ1v) is 6.74. The van der Waals surface area contributed by atoms with Crippen molar-refractivity contribution in [3.05, 3.63) is 0 Å². The molecule has 0 aromatic carbocycles. The zero-order valence-corrected chi connectivity index (χ0v) is 10.5. The van der Waals surface area contributed by atoms with Crippen LogP contribution < -0.4 is 0 Å². The van der Waals surface area contributed by atoms with Gasteiger partial charge >= 0.3 is 8.80 Å². The highest BCUT2D eigenvalue weighted by Crippen LogP contribution is 2.16. The third-order valence-electron chi connectivity index (χ3n) is 2.27. The van der Waals surface area contributed by atoms with E-state index in [1.54, 1.807) is 21.3 Å². The fraction of sp³-hybridized carbons (Fsp3) is 0.889. The van der Waals surface area contributed by atoms with E-state index in [2.05, 4.69) is 0 Å². The molecule has 0 saturated carbocycles. The molecule has 0 unspecified atom stereocenters. The van der Waals surface area contributed by atoms with Crippen molar-refractivity contribution in [1.82, 2.24) is 0 Å². The summed E-state index contributed by atoms with van der Waals surface area (Å²) >= 11 is 0. The highest BCUT2D eigenvalue weighted by molar-refractivity contribution is 6.60. The molecule has 14 heavy (non-hydrogen) atoms. The molecule has 84 valence electrons. The van der Waals surface area contributed by atoms with Gasteiger partial charge in [0.05, 0.1) is 0 Å². The van der Waals surface area contributed by atoms with E-state index in [1.165, 1.54) is 0 Å². The van der Waals surface area contributed by atoms with Crippen molar-refractivity contribution in [1.29, 1.82) is 0 Å². The van der Waals surface area contributed by atoms with Gasteiger partial charge in [0.1, 0.15) is 5.78 Å². The molecule has 0 aliphatic rings. The van der Waals surface area contributed by atoms with Crippen LogP contribution >= 0.6 is 0 Å². The van der Waals surface area contributed by atoms with Crippen LogP contribution in [0.25, 0.3) is 0 Å². The Labute approximate surface area is 86.9 Å². The van der Waals surface area contributed by atoms with Crippen LogP contribution in [0.2, 0.25) is 6.04 Å². The Kier molecular flexibility index (Phi) is 6.99.